The highest BCUT2D eigenvalue weighted by atomic mass is 16.5. The predicted octanol–water partition coefficient (Wildman–Crippen LogP) is -0.162. The third-order valence-electron chi connectivity index (χ3n) is 8.51. The second-order valence-electron chi connectivity index (χ2n) is 11.9. The number of nitrogens with zero attached hydrogens (tertiary/aromatic N) is 4. The number of hydrogen-bond donors (Lipinski definition) is 4. The number of carbonyl (C=O) groups is 5. The Bertz CT molecular complexity index is 1370. The zero-order valence-corrected chi connectivity index (χ0v) is 27.3. The molecule has 15 heteroatoms. The smallest absolute Gasteiger partial charge is 0.328 e. The van der Waals surface area contributed by atoms with Crippen LogP contribution in [0.1, 0.15) is 56.7 Å². The van der Waals surface area contributed by atoms with E-state index in [1.807, 2.05) is 30.3 Å². The van der Waals surface area contributed by atoms with Gasteiger partial charge in [0.1, 0.15) is 29.9 Å². The summed E-state index contributed by atoms with van der Waals surface area (Å²) in [7, 11) is 2.91. The molecule has 2 bridgehead atoms. The molecule has 4 N–H and O–H groups in total. The number of hydrogen-bond acceptors (Lipinski definition) is 10. The number of methoxy groups -OCH3 is 1. The number of carbonyl (C=O) groups excluding carboxylic acids is 5. The van der Waals surface area contributed by atoms with Crippen molar-refractivity contribution in [2.45, 2.75) is 95.2 Å². The SMILES string of the molecule is CNC(C)C(=O)NC1CCOCc2cn(nn2)CCCCC(C(=O)OC)NC(=O)C(Cc2ccccc2)NC(=O)C2CCCN2C1=O. The largest absolute Gasteiger partial charge is 0.467 e. The first kappa shape index (κ1) is 35.5. The number of esters is 1. The maximum atomic E-state index is 13.9. The first-order valence-corrected chi connectivity index (χ1v) is 16.2. The molecule has 0 aliphatic carbocycles. The fourth-order valence-corrected chi connectivity index (χ4v) is 5.69. The molecular weight excluding hydrogens is 608 g/mol. The number of ether oxygens (including phenoxy) is 2. The van der Waals surface area contributed by atoms with E-state index in [4.69, 9.17) is 9.47 Å². The Kier molecular flexibility index (Phi) is 13.2. The number of amides is 4. The number of benzene rings is 1. The molecule has 1 aromatic heterocycles. The van der Waals surface area contributed by atoms with Crippen LogP contribution in [0.2, 0.25) is 0 Å². The molecule has 5 atom stereocenters. The van der Waals surface area contributed by atoms with Crippen LogP contribution in [-0.4, -0.2) is 107 Å². The zero-order chi connectivity index (χ0) is 33.8. The summed E-state index contributed by atoms with van der Waals surface area (Å²) in [6.45, 7) is 2.84. The monoisotopic (exact) mass is 654 g/mol. The Morgan fingerprint density at radius 2 is 1.83 bits per heavy atom. The second kappa shape index (κ2) is 17.5. The van der Waals surface area contributed by atoms with Crippen molar-refractivity contribution in [2.75, 3.05) is 27.3 Å². The van der Waals surface area contributed by atoms with Crippen LogP contribution < -0.4 is 21.3 Å². The number of likely N-dealkylation sites (N-methyl/N-ethyl adjacent to an activating group) is 1. The molecule has 0 radical (unpaired) electrons. The van der Waals surface area contributed by atoms with Gasteiger partial charge in [-0.15, -0.1) is 5.10 Å². The molecule has 0 saturated carbocycles. The molecule has 47 heavy (non-hydrogen) atoms. The number of aromatic nitrogens is 3. The average molecular weight is 655 g/mol. The van der Waals surface area contributed by atoms with Crippen LogP contribution in [0.25, 0.3) is 0 Å². The minimum Gasteiger partial charge on any atom is -0.467 e. The van der Waals surface area contributed by atoms with Gasteiger partial charge in [0.25, 0.3) is 0 Å². The minimum absolute atomic E-state index is 0.149. The van der Waals surface area contributed by atoms with Gasteiger partial charge in [-0.1, -0.05) is 35.5 Å². The van der Waals surface area contributed by atoms with Crippen molar-refractivity contribution < 1.29 is 33.4 Å². The highest BCUT2D eigenvalue weighted by Crippen LogP contribution is 2.20. The van der Waals surface area contributed by atoms with Crippen LogP contribution in [0.4, 0.5) is 0 Å². The van der Waals surface area contributed by atoms with E-state index in [0.29, 0.717) is 50.9 Å². The average Bonchev–Trinajstić information content (AvgIpc) is 3.76. The number of aryl methyl sites for hydroxylation is 1. The topological polar surface area (TPSA) is 186 Å². The Morgan fingerprint density at radius 1 is 1.04 bits per heavy atom. The van der Waals surface area contributed by atoms with Gasteiger partial charge >= 0.3 is 5.97 Å². The first-order valence-electron chi connectivity index (χ1n) is 16.2. The molecule has 1 fully saturated rings. The summed E-state index contributed by atoms with van der Waals surface area (Å²) >= 11 is 0. The van der Waals surface area contributed by atoms with E-state index in [0.717, 1.165) is 5.56 Å². The molecule has 1 saturated heterocycles. The summed E-state index contributed by atoms with van der Waals surface area (Å²) in [4.78, 5) is 68.4. The fraction of sp³-hybridized carbons (Fsp3) is 0.594. The van der Waals surface area contributed by atoms with Crippen molar-refractivity contribution >= 4 is 29.6 Å². The van der Waals surface area contributed by atoms with Crippen LogP contribution in [0.15, 0.2) is 36.5 Å². The number of fused-ring (bicyclic) bond motifs is 3. The van der Waals surface area contributed by atoms with Gasteiger partial charge in [0, 0.05) is 26.1 Å². The highest BCUT2D eigenvalue weighted by Gasteiger charge is 2.39. The standard InChI is InChI=1S/C32H46N8O7/c1-21(33-2)28(41)34-24-14-17-47-20-23-19-39(38-37-23)15-8-7-12-25(32(45)46-3)35-29(42)26(18-22-10-5-4-6-11-22)36-30(43)27-13-9-16-40(27)31(24)44/h4-6,10-11,19,21,24-27,33H,7-9,12-18,20H2,1-3H3,(H,34,41)(H,35,42)(H,36,43). The van der Waals surface area contributed by atoms with Crippen molar-refractivity contribution in [1.29, 1.82) is 0 Å². The van der Waals surface area contributed by atoms with Gasteiger partial charge in [0.05, 0.1) is 26.0 Å². The first-order chi connectivity index (χ1) is 22.7. The molecule has 2 aliphatic heterocycles. The Hall–Kier alpha value is -4.37. The van der Waals surface area contributed by atoms with Crippen molar-refractivity contribution in [2.24, 2.45) is 0 Å². The van der Waals surface area contributed by atoms with E-state index in [9.17, 15) is 24.0 Å². The summed E-state index contributed by atoms with van der Waals surface area (Å²) in [5, 5.41) is 19.6. The van der Waals surface area contributed by atoms with Crippen molar-refractivity contribution in [3.63, 3.8) is 0 Å². The van der Waals surface area contributed by atoms with E-state index in [1.54, 1.807) is 24.9 Å². The Morgan fingerprint density at radius 3 is 2.57 bits per heavy atom. The molecule has 4 rings (SSSR count). The third-order valence-corrected chi connectivity index (χ3v) is 8.51. The van der Waals surface area contributed by atoms with E-state index in [1.165, 1.54) is 12.0 Å². The molecule has 5 unspecified atom stereocenters. The van der Waals surface area contributed by atoms with Crippen molar-refractivity contribution in [3.05, 3.63) is 47.8 Å². The van der Waals surface area contributed by atoms with Gasteiger partial charge < -0.3 is 35.6 Å². The molecular formula is C32H46N8O7. The van der Waals surface area contributed by atoms with Crippen LogP contribution in [-0.2, 0) is 53.0 Å². The number of rotatable bonds is 6. The zero-order valence-electron chi connectivity index (χ0n) is 27.3. The van der Waals surface area contributed by atoms with Gasteiger partial charge in [0.2, 0.25) is 23.6 Å². The summed E-state index contributed by atoms with van der Waals surface area (Å²) in [5.41, 5.74) is 1.41. The fourth-order valence-electron chi connectivity index (χ4n) is 5.69. The van der Waals surface area contributed by atoms with E-state index in [-0.39, 0.29) is 32.0 Å². The van der Waals surface area contributed by atoms with E-state index < -0.39 is 53.9 Å². The minimum atomic E-state index is -1.03. The van der Waals surface area contributed by atoms with E-state index >= 15 is 0 Å². The highest BCUT2D eigenvalue weighted by molar-refractivity contribution is 5.96. The summed E-state index contributed by atoms with van der Waals surface area (Å²) < 4.78 is 12.5. The molecule has 3 heterocycles. The van der Waals surface area contributed by atoms with Crippen molar-refractivity contribution in [3.8, 4) is 0 Å². The maximum absolute atomic E-state index is 13.9. The summed E-state index contributed by atoms with van der Waals surface area (Å²) in [6.07, 6.45) is 4.63. The summed E-state index contributed by atoms with van der Waals surface area (Å²) in [5.74, 6) is -2.38. The normalized spacial score (nSPS) is 24.2. The Balaban J connectivity index is 1.61. The molecule has 2 aromatic rings. The predicted molar refractivity (Wildman–Crippen MR) is 169 cm³/mol. The molecule has 2 aliphatic rings. The molecule has 0 spiro atoms. The third kappa shape index (κ3) is 10.1. The molecule has 256 valence electrons. The van der Waals surface area contributed by atoms with Gasteiger partial charge in [0.15, 0.2) is 0 Å². The lowest BCUT2D eigenvalue weighted by Gasteiger charge is -2.30. The van der Waals surface area contributed by atoms with Crippen LogP contribution >= 0.6 is 0 Å². The van der Waals surface area contributed by atoms with E-state index in [2.05, 4.69) is 31.6 Å². The van der Waals surface area contributed by atoms with Gasteiger partial charge in [-0.3, -0.25) is 23.9 Å². The maximum Gasteiger partial charge on any atom is 0.328 e. The second-order valence-corrected chi connectivity index (χ2v) is 11.9. The quantitative estimate of drug-likeness (QED) is 0.305. The Labute approximate surface area is 274 Å². The lowest BCUT2D eigenvalue weighted by atomic mass is 10.0. The van der Waals surface area contributed by atoms with Gasteiger partial charge in [-0.2, -0.15) is 0 Å². The lowest BCUT2D eigenvalue weighted by molar-refractivity contribution is -0.146. The van der Waals surface area contributed by atoms with Crippen LogP contribution in [0.5, 0.6) is 0 Å². The lowest BCUT2D eigenvalue weighted by Crippen LogP contribution is -2.58. The van der Waals surface area contributed by atoms with Crippen LogP contribution in [0.3, 0.4) is 0 Å². The van der Waals surface area contributed by atoms with Gasteiger partial charge in [-0.25, -0.2) is 4.79 Å². The number of nitrogens with one attached hydrogen (secondary N) is 4. The van der Waals surface area contributed by atoms with Crippen molar-refractivity contribution in [1.82, 2.24) is 41.2 Å². The van der Waals surface area contributed by atoms with Gasteiger partial charge in [-0.05, 0) is 58.1 Å². The molecule has 4 amide bonds. The summed E-state index contributed by atoms with van der Waals surface area (Å²) in [6, 6.07) is 4.92. The van der Waals surface area contributed by atoms with Crippen LogP contribution in [0, 0.1) is 0 Å². The molecule has 1 aromatic carbocycles. The molecule has 15 nitrogen and oxygen atoms in total.